The van der Waals surface area contributed by atoms with Crippen molar-refractivity contribution in [2.45, 2.75) is 25.7 Å². The Morgan fingerprint density at radius 1 is 0.879 bits per heavy atom. The Kier molecular flexibility index (Phi) is 6.77. The van der Waals surface area contributed by atoms with Crippen LogP contribution in [0.25, 0.3) is 10.6 Å². The number of nitrogens with zero attached hydrogens (tertiary/aromatic N) is 1. The van der Waals surface area contributed by atoms with Gasteiger partial charge in [0, 0.05) is 17.9 Å². The number of anilines is 2. The van der Waals surface area contributed by atoms with Crippen molar-refractivity contribution in [2.24, 2.45) is 0 Å². The van der Waals surface area contributed by atoms with Crippen LogP contribution in [0, 0.1) is 0 Å². The lowest BCUT2D eigenvalue weighted by Crippen LogP contribution is -2.18. The summed E-state index contributed by atoms with van der Waals surface area (Å²) in [5.74, 6) is -1.23. The molecule has 0 atom stereocenters. The monoisotopic (exact) mass is 487 g/mol. The molecule has 0 spiro atoms. The van der Waals surface area contributed by atoms with Crippen LogP contribution in [0.4, 0.5) is 37.7 Å². The predicted molar refractivity (Wildman–Crippen MR) is 111 cm³/mol. The molecule has 0 aliphatic carbocycles. The summed E-state index contributed by atoms with van der Waals surface area (Å²) in [5, 5.41) is 6.58. The van der Waals surface area contributed by atoms with Crippen LogP contribution < -0.4 is 10.6 Å². The van der Waals surface area contributed by atoms with Crippen molar-refractivity contribution in [1.82, 2.24) is 4.98 Å². The number of carbonyl (C=O) groups is 2. The molecule has 2 N–H and O–H groups in total. The van der Waals surface area contributed by atoms with E-state index in [0.717, 1.165) is 35.6 Å². The Bertz CT molecular complexity index is 1170. The Labute approximate surface area is 187 Å². The van der Waals surface area contributed by atoms with Gasteiger partial charge >= 0.3 is 12.4 Å². The maximum atomic E-state index is 13.0. The summed E-state index contributed by atoms with van der Waals surface area (Å²) in [6.45, 7) is 1.17. The van der Waals surface area contributed by atoms with Crippen LogP contribution in [0.2, 0.25) is 0 Å². The van der Waals surface area contributed by atoms with Gasteiger partial charge in [-0.25, -0.2) is 4.98 Å². The van der Waals surface area contributed by atoms with Gasteiger partial charge in [-0.2, -0.15) is 26.3 Å². The fourth-order valence-electron chi connectivity index (χ4n) is 2.80. The van der Waals surface area contributed by atoms with E-state index < -0.39 is 35.3 Å². The Hall–Kier alpha value is -3.41. The zero-order chi connectivity index (χ0) is 24.4. The van der Waals surface area contributed by atoms with Gasteiger partial charge in [0.1, 0.15) is 5.01 Å². The zero-order valence-electron chi connectivity index (χ0n) is 16.8. The molecule has 2 amide bonds. The van der Waals surface area contributed by atoms with E-state index in [1.165, 1.54) is 24.4 Å². The van der Waals surface area contributed by atoms with E-state index in [4.69, 9.17) is 0 Å². The van der Waals surface area contributed by atoms with Crippen molar-refractivity contribution in [3.8, 4) is 10.6 Å². The highest BCUT2D eigenvalue weighted by atomic mass is 32.1. The van der Waals surface area contributed by atoms with Gasteiger partial charge in [0.2, 0.25) is 11.8 Å². The molecule has 0 saturated heterocycles. The van der Waals surface area contributed by atoms with Crippen molar-refractivity contribution >= 4 is 34.5 Å². The zero-order valence-corrected chi connectivity index (χ0v) is 17.6. The maximum absolute atomic E-state index is 13.0. The number of carbonyl (C=O) groups excluding carboxylic acids is 2. The molecule has 0 radical (unpaired) electrons. The minimum atomic E-state index is -4.65. The summed E-state index contributed by atoms with van der Waals surface area (Å²) >= 11 is 1.10. The lowest BCUT2D eigenvalue weighted by atomic mass is 10.1. The number of hydrogen-bond donors (Lipinski definition) is 2. The van der Waals surface area contributed by atoms with E-state index >= 15 is 0 Å². The van der Waals surface area contributed by atoms with Gasteiger partial charge in [0.05, 0.1) is 34.6 Å². The van der Waals surface area contributed by atoms with Crippen molar-refractivity contribution in [3.05, 3.63) is 64.7 Å². The molecule has 33 heavy (non-hydrogen) atoms. The smallest absolute Gasteiger partial charge is 0.325 e. The average Bonchev–Trinajstić information content (AvgIpc) is 3.16. The van der Waals surface area contributed by atoms with E-state index in [-0.39, 0.29) is 23.5 Å². The first-order chi connectivity index (χ1) is 15.3. The summed E-state index contributed by atoms with van der Waals surface area (Å²) in [4.78, 5) is 27.9. The number of thiazole rings is 1. The van der Waals surface area contributed by atoms with Gasteiger partial charge in [-0.05, 0) is 30.3 Å². The molecular weight excluding hydrogens is 472 g/mol. The number of hydrogen-bond acceptors (Lipinski definition) is 4. The first kappa shape index (κ1) is 24.2. The first-order valence-electron chi connectivity index (χ1n) is 9.23. The number of halogens is 6. The molecule has 0 saturated carbocycles. The van der Waals surface area contributed by atoms with Gasteiger partial charge in [-0.15, -0.1) is 11.3 Å². The Morgan fingerprint density at radius 3 is 2.06 bits per heavy atom. The summed E-state index contributed by atoms with van der Waals surface area (Å²) in [6, 6.07) is 6.86. The highest BCUT2D eigenvalue weighted by Gasteiger charge is 2.31. The van der Waals surface area contributed by atoms with E-state index in [0.29, 0.717) is 16.6 Å². The van der Waals surface area contributed by atoms with Crippen LogP contribution in [0.5, 0.6) is 0 Å². The van der Waals surface area contributed by atoms with Gasteiger partial charge in [-0.3, -0.25) is 9.59 Å². The van der Waals surface area contributed by atoms with Crippen LogP contribution in [0.3, 0.4) is 0 Å². The van der Waals surface area contributed by atoms with Crippen molar-refractivity contribution in [2.75, 3.05) is 10.6 Å². The third kappa shape index (κ3) is 6.31. The Balaban J connectivity index is 1.75. The molecule has 0 aliphatic heterocycles. The molecule has 0 fully saturated rings. The van der Waals surface area contributed by atoms with Crippen LogP contribution in [-0.2, 0) is 28.4 Å². The van der Waals surface area contributed by atoms with Gasteiger partial charge < -0.3 is 10.6 Å². The second-order valence-electron chi connectivity index (χ2n) is 6.88. The standard InChI is InChI=1S/C21H15F6N3O2S/c1-11(31)28-16-7-6-14(21(25,26)27)8-17(16)30-18(32)9-15-10-33-19(29-15)12-2-4-13(5-3-12)20(22,23)24/h2-8,10H,9H2,1H3,(H,28,31)(H,30,32). The van der Waals surface area contributed by atoms with E-state index in [1.807, 2.05) is 0 Å². The normalized spacial score (nSPS) is 11.8. The van der Waals surface area contributed by atoms with E-state index in [1.54, 1.807) is 0 Å². The van der Waals surface area contributed by atoms with Gasteiger partial charge in [0.25, 0.3) is 0 Å². The molecule has 0 unspecified atom stereocenters. The second-order valence-corrected chi connectivity index (χ2v) is 7.74. The summed E-state index contributed by atoms with van der Waals surface area (Å²) in [5.41, 5.74) is -1.36. The van der Waals surface area contributed by atoms with Gasteiger partial charge in [0.15, 0.2) is 0 Å². The van der Waals surface area contributed by atoms with Crippen LogP contribution in [0.1, 0.15) is 23.7 Å². The van der Waals surface area contributed by atoms with E-state index in [2.05, 4.69) is 15.6 Å². The number of benzene rings is 2. The molecule has 3 aromatic rings. The number of alkyl halides is 6. The maximum Gasteiger partial charge on any atom is 0.416 e. The SMILES string of the molecule is CC(=O)Nc1ccc(C(F)(F)F)cc1NC(=O)Cc1csc(-c2ccc(C(F)(F)F)cc2)n1. The molecule has 0 aliphatic rings. The highest BCUT2D eigenvalue weighted by Crippen LogP contribution is 2.35. The topological polar surface area (TPSA) is 71.1 Å². The molecule has 1 heterocycles. The molecule has 1 aromatic heterocycles. The molecule has 5 nitrogen and oxygen atoms in total. The fraction of sp³-hybridized carbons (Fsp3) is 0.190. The summed E-state index contributed by atoms with van der Waals surface area (Å²) in [7, 11) is 0. The lowest BCUT2D eigenvalue weighted by molar-refractivity contribution is -0.138. The molecular formula is C21H15F6N3O2S. The number of rotatable bonds is 5. The average molecular weight is 487 g/mol. The molecule has 3 rings (SSSR count). The van der Waals surface area contributed by atoms with Crippen LogP contribution in [0.15, 0.2) is 47.8 Å². The molecule has 174 valence electrons. The summed E-state index contributed by atoms with van der Waals surface area (Å²) in [6.07, 6.45) is -9.42. The second kappa shape index (κ2) is 9.22. The Morgan fingerprint density at radius 2 is 1.48 bits per heavy atom. The first-order valence-corrected chi connectivity index (χ1v) is 10.1. The lowest BCUT2D eigenvalue weighted by Gasteiger charge is -2.14. The van der Waals surface area contributed by atoms with Crippen molar-refractivity contribution in [3.63, 3.8) is 0 Å². The number of aromatic nitrogens is 1. The third-order valence-corrected chi connectivity index (χ3v) is 5.22. The van der Waals surface area contributed by atoms with Crippen LogP contribution in [-0.4, -0.2) is 16.8 Å². The van der Waals surface area contributed by atoms with Crippen LogP contribution >= 0.6 is 11.3 Å². The minimum Gasteiger partial charge on any atom is -0.325 e. The van der Waals surface area contributed by atoms with Gasteiger partial charge in [-0.1, -0.05) is 12.1 Å². The molecule has 12 heteroatoms. The molecule has 0 bridgehead atoms. The van der Waals surface area contributed by atoms with Crippen molar-refractivity contribution in [1.29, 1.82) is 0 Å². The molecule has 2 aromatic carbocycles. The number of nitrogens with one attached hydrogen (secondary N) is 2. The minimum absolute atomic E-state index is 0.00688. The summed E-state index contributed by atoms with van der Waals surface area (Å²) < 4.78 is 77.2. The van der Waals surface area contributed by atoms with Crippen molar-refractivity contribution < 1.29 is 35.9 Å². The predicted octanol–water partition coefficient (Wildman–Crippen LogP) is 5.99. The fourth-order valence-corrected chi connectivity index (χ4v) is 3.63. The highest BCUT2D eigenvalue weighted by molar-refractivity contribution is 7.13. The number of amides is 2. The quantitative estimate of drug-likeness (QED) is 0.435. The third-order valence-electron chi connectivity index (χ3n) is 4.28. The largest absolute Gasteiger partial charge is 0.416 e. The van der Waals surface area contributed by atoms with E-state index in [9.17, 15) is 35.9 Å².